The summed E-state index contributed by atoms with van der Waals surface area (Å²) in [4.78, 5) is 56.9. The molecule has 3 amide bonds. The molecule has 1 aromatic rings. The van der Waals surface area contributed by atoms with Gasteiger partial charge in [0.2, 0.25) is 11.8 Å². The van der Waals surface area contributed by atoms with Gasteiger partial charge in [-0.1, -0.05) is 35.9 Å². The molecule has 208 valence electrons. The summed E-state index contributed by atoms with van der Waals surface area (Å²) < 4.78 is 12.0. The van der Waals surface area contributed by atoms with E-state index in [0.717, 1.165) is 0 Å². The van der Waals surface area contributed by atoms with E-state index in [-0.39, 0.29) is 56.8 Å². The third-order valence-corrected chi connectivity index (χ3v) is 7.99. The van der Waals surface area contributed by atoms with Gasteiger partial charge in [0, 0.05) is 36.8 Å². The molecule has 1 spiro atoms. The van der Waals surface area contributed by atoms with Crippen LogP contribution in [0.3, 0.4) is 0 Å². The predicted molar refractivity (Wildman–Crippen MR) is 142 cm³/mol. The number of aliphatic hydroxyl groups is 1. The molecule has 5 rings (SSSR count). The molecular weight excluding hydrogens is 526 g/mol. The van der Waals surface area contributed by atoms with E-state index >= 15 is 0 Å². The van der Waals surface area contributed by atoms with Crippen LogP contribution in [0.25, 0.3) is 0 Å². The van der Waals surface area contributed by atoms with E-state index in [1.807, 2.05) is 12.2 Å². The minimum Gasteiger partial charge on any atom is -0.460 e. The highest BCUT2D eigenvalue weighted by Crippen LogP contribution is 2.55. The lowest BCUT2D eigenvalue weighted by molar-refractivity contribution is -0.158. The van der Waals surface area contributed by atoms with Crippen LogP contribution < -0.4 is 10.2 Å². The maximum absolute atomic E-state index is 14.4. The number of anilines is 1. The highest BCUT2D eigenvalue weighted by molar-refractivity contribution is 6.30. The summed E-state index contributed by atoms with van der Waals surface area (Å²) in [5.41, 5.74) is -0.780. The number of hydrogen-bond acceptors (Lipinski definition) is 7. The van der Waals surface area contributed by atoms with Gasteiger partial charge >= 0.3 is 5.97 Å². The van der Waals surface area contributed by atoms with Crippen molar-refractivity contribution in [3.8, 4) is 0 Å². The Bertz CT molecular complexity index is 1200. The molecule has 0 radical (unpaired) electrons. The fourth-order valence-electron chi connectivity index (χ4n) is 5.97. The molecule has 39 heavy (non-hydrogen) atoms. The van der Waals surface area contributed by atoms with Crippen molar-refractivity contribution in [2.24, 2.45) is 11.8 Å². The third-order valence-electron chi connectivity index (χ3n) is 7.74. The number of esters is 1. The first-order valence-corrected chi connectivity index (χ1v) is 13.6. The van der Waals surface area contributed by atoms with Gasteiger partial charge in [0.15, 0.2) is 0 Å². The SMILES string of the molecule is C[C@@H]1CNC(=O)CC/C=C\CN(c2ccc(Cl)cc2)C(=O)[C@@H]2N(CCCO)C(=O)[C@H]3[C@H](C(=O)O1)[C@@H]1C=C[C@]23O1. The number of fused-ring (bicyclic) bond motifs is 2. The lowest BCUT2D eigenvalue weighted by atomic mass is 9.74. The number of cyclic esters (lactones) is 1. The molecule has 6 atom stereocenters. The first-order valence-electron chi connectivity index (χ1n) is 13.2. The second-order valence-electron chi connectivity index (χ2n) is 10.3. The highest BCUT2D eigenvalue weighted by atomic mass is 35.5. The van der Waals surface area contributed by atoms with Gasteiger partial charge in [-0.3, -0.25) is 19.2 Å². The zero-order chi connectivity index (χ0) is 27.7. The number of amides is 3. The average Bonchev–Trinajstić information content (AvgIpc) is 3.55. The van der Waals surface area contributed by atoms with Crippen LogP contribution in [0.1, 0.15) is 26.2 Å². The summed E-state index contributed by atoms with van der Waals surface area (Å²) >= 11 is 6.10. The van der Waals surface area contributed by atoms with Gasteiger partial charge in [0.05, 0.1) is 18.6 Å². The minimum absolute atomic E-state index is 0.125. The number of carbonyl (C=O) groups excluding carboxylic acids is 4. The summed E-state index contributed by atoms with van der Waals surface area (Å²) in [6.45, 7) is 1.95. The van der Waals surface area contributed by atoms with Crippen LogP contribution >= 0.6 is 11.6 Å². The molecule has 0 aromatic heterocycles. The van der Waals surface area contributed by atoms with E-state index in [1.165, 1.54) is 4.90 Å². The molecule has 0 unspecified atom stereocenters. The first-order chi connectivity index (χ1) is 18.8. The Labute approximate surface area is 231 Å². The Morgan fingerprint density at radius 2 is 1.90 bits per heavy atom. The van der Waals surface area contributed by atoms with Crippen LogP contribution in [0.5, 0.6) is 0 Å². The number of hydrogen-bond donors (Lipinski definition) is 2. The van der Waals surface area contributed by atoms with Crippen LogP contribution in [-0.4, -0.2) is 83.8 Å². The van der Waals surface area contributed by atoms with Crippen LogP contribution in [0.2, 0.25) is 5.02 Å². The molecule has 4 heterocycles. The zero-order valence-corrected chi connectivity index (χ0v) is 22.4. The molecule has 2 fully saturated rings. The summed E-state index contributed by atoms with van der Waals surface area (Å²) in [5, 5.41) is 12.8. The standard InChI is InChI=1S/C28H32ClN3O7/c1-17-16-30-21(34)6-3-2-4-13-31(19-9-7-18(29)8-10-19)26(36)24-28-12-11-20(39-28)22(27(37)38-17)23(28)25(35)32(24)14-5-15-33/h2,4,7-12,17,20,22-24,33H,3,5-6,13-16H2,1H3,(H,30,34)/b4-2-/t17-,20+,22-,23-,24+,28-/m1/s1. The quantitative estimate of drug-likeness (QED) is 0.425. The normalized spacial score (nSPS) is 33.8. The van der Waals surface area contributed by atoms with Gasteiger partial charge in [-0.05, 0) is 44.0 Å². The predicted octanol–water partition coefficient (Wildman–Crippen LogP) is 1.60. The van der Waals surface area contributed by atoms with E-state index in [4.69, 9.17) is 21.1 Å². The van der Waals surface area contributed by atoms with Crippen LogP contribution in [0.15, 0.2) is 48.6 Å². The number of ether oxygens (including phenoxy) is 2. The Morgan fingerprint density at radius 1 is 1.13 bits per heavy atom. The Kier molecular flexibility index (Phi) is 7.80. The molecule has 10 nitrogen and oxygen atoms in total. The number of halogens is 1. The molecule has 4 aliphatic rings. The van der Waals surface area contributed by atoms with Crippen molar-refractivity contribution in [3.63, 3.8) is 0 Å². The van der Waals surface area contributed by atoms with Gasteiger partial charge in [-0.15, -0.1) is 0 Å². The Hall–Kier alpha value is -3.21. The zero-order valence-electron chi connectivity index (χ0n) is 21.6. The van der Waals surface area contributed by atoms with Crippen LogP contribution in [0, 0.1) is 11.8 Å². The van der Waals surface area contributed by atoms with Gasteiger partial charge < -0.3 is 29.7 Å². The van der Waals surface area contributed by atoms with Crippen molar-refractivity contribution >= 4 is 41.0 Å². The third kappa shape index (κ3) is 4.97. The second-order valence-corrected chi connectivity index (χ2v) is 10.7. The number of rotatable bonds is 4. The van der Waals surface area contributed by atoms with Crippen molar-refractivity contribution in [1.29, 1.82) is 0 Å². The monoisotopic (exact) mass is 557 g/mol. The van der Waals surface area contributed by atoms with E-state index in [1.54, 1.807) is 48.2 Å². The molecule has 0 aliphatic carbocycles. The molecule has 1 aromatic carbocycles. The van der Waals surface area contributed by atoms with Gasteiger partial charge in [0.25, 0.3) is 5.91 Å². The molecule has 11 heteroatoms. The number of aliphatic hydroxyl groups excluding tert-OH is 1. The average molecular weight is 558 g/mol. The minimum atomic E-state index is -1.35. The van der Waals surface area contributed by atoms with E-state index in [0.29, 0.717) is 17.1 Å². The van der Waals surface area contributed by atoms with E-state index < -0.39 is 41.7 Å². The van der Waals surface area contributed by atoms with Crippen molar-refractivity contribution in [3.05, 3.63) is 53.6 Å². The Balaban J connectivity index is 1.58. The number of nitrogens with zero attached hydrogens (tertiary/aromatic N) is 2. The molecule has 2 saturated heterocycles. The largest absolute Gasteiger partial charge is 0.460 e. The number of carbonyl (C=O) groups is 4. The smallest absolute Gasteiger partial charge is 0.313 e. The van der Waals surface area contributed by atoms with E-state index in [2.05, 4.69) is 5.32 Å². The molecule has 4 aliphatic heterocycles. The Morgan fingerprint density at radius 3 is 2.64 bits per heavy atom. The maximum atomic E-state index is 14.4. The fourth-order valence-corrected chi connectivity index (χ4v) is 6.09. The molecule has 2 N–H and O–H groups in total. The van der Waals surface area contributed by atoms with Gasteiger partial charge in [-0.2, -0.15) is 0 Å². The fraction of sp³-hybridized carbons (Fsp3) is 0.500. The summed E-state index contributed by atoms with van der Waals surface area (Å²) in [7, 11) is 0. The second kappa shape index (κ2) is 11.1. The molecule has 5 bridgehead atoms. The number of allylic oxidation sites excluding steroid dienone is 1. The lowest BCUT2D eigenvalue weighted by Crippen LogP contribution is -2.56. The highest BCUT2D eigenvalue weighted by Gasteiger charge is 2.73. The molecular formula is C28H32ClN3O7. The summed E-state index contributed by atoms with van der Waals surface area (Å²) in [5.74, 6) is -3.45. The van der Waals surface area contributed by atoms with Crippen LogP contribution in [-0.2, 0) is 28.7 Å². The molecule has 0 saturated carbocycles. The van der Waals surface area contributed by atoms with Crippen LogP contribution in [0.4, 0.5) is 5.69 Å². The number of likely N-dealkylation sites (tertiary alicyclic amines) is 1. The van der Waals surface area contributed by atoms with Crippen molar-refractivity contribution < 1.29 is 33.8 Å². The first kappa shape index (κ1) is 27.4. The van der Waals surface area contributed by atoms with Gasteiger partial charge in [0.1, 0.15) is 23.7 Å². The number of nitrogens with one attached hydrogen (secondary N) is 1. The van der Waals surface area contributed by atoms with E-state index in [9.17, 15) is 24.3 Å². The topological polar surface area (TPSA) is 125 Å². The summed E-state index contributed by atoms with van der Waals surface area (Å²) in [6.07, 6.45) is 6.71. The van der Waals surface area contributed by atoms with Crippen molar-refractivity contribution in [2.75, 3.05) is 31.1 Å². The summed E-state index contributed by atoms with van der Waals surface area (Å²) in [6, 6.07) is 5.74. The maximum Gasteiger partial charge on any atom is 0.313 e. The van der Waals surface area contributed by atoms with Gasteiger partial charge in [-0.25, -0.2) is 0 Å². The lowest BCUT2D eigenvalue weighted by Gasteiger charge is -2.36. The van der Waals surface area contributed by atoms with Crippen molar-refractivity contribution in [2.45, 2.75) is 50.0 Å². The number of benzene rings is 1. The van der Waals surface area contributed by atoms with Crippen molar-refractivity contribution in [1.82, 2.24) is 10.2 Å².